The summed E-state index contributed by atoms with van der Waals surface area (Å²) in [6.45, 7) is 9.46. The first-order chi connectivity index (χ1) is 26.8. The van der Waals surface area contributed by atoms with Crippen LogP contribution in [0.1, 0.15) is 49.9 Å². The molecule has 0 unspecified atom stereocenters. The second kappa shape index (κ2) is 12.6. The highest BCUT2D eigenvalue weighted by Gasteiger charge is 2.38. The van der Waals surface area contributed by atoms with Crippen LogP contribution in [0.25, 0.3) is 55.6 Å². The molecule has 0 saturated carbocycles. The van der Waals surface area contributed by atoms with Crippen LogP contribution in [-0.2, 0) is 10.8 Å². The van der Waals surface area contributed by atoms with Gasteiger partial charge in [-0.3, -0.25) is 0 Å². The van der Waals surface area contributed by atoms with Crippen molar-refractivity contribution in [3.05, 3.63) is 210 Å². The summed E-state index contributed by atoms with van der Waals surface area (Å²) in [6.07, 6.45) is 0. The minimum absolute atomic E-state index is 0.0777. The third-order valence-electron chi connectivity index (χ3n) is 12.3. The maximum atomic E-state index is 2.52. The summed E-state index contributed by atoms with van der Waals surface area (Å²) in [7, 11) is 0. The van der Waals surface area contributed by atoms with E-state index >= 15 is 0 Å². The van der Waals surface area contributed by atoms with Gasteiger partial charge >= 0.3 is 0 Å². The van der Waals surface area contributed by atoms with Gasteiger partial charge in [-0.05, 0) is 103 Å². The highest BCUT2D eigenvalue weighted by molar-refractivity contribution is 6.02. The van der Waals surface area contributed by atoms with Crippen LogP contribution in [0.3, 0.4) is 0 Å². The van der Waals surface area contributed by atoms with Crippen LogP contribution >= 0.6 is 0 Å². The second-order valence-electron chi connectivity index (χ2n) is 16.1. The molecule has 1 nitrogen and oxygen atoms in total. The Morgan fingerprint density at radius 1 is 0.309 bits per heavy atom. The van der Waals surface area contributed by atoms with E-state index in [9.17, 15) is 0 Å². The van der Waals surface area contributed by atoms with Crippen LogP contribution in [0.4, 0.5) is 17.1 Å². The van der Waals surface area contributed by atoms with E-state index in [1.54, 1.807) is 0 Å². The highest BCUT2D eigenvalue weighted by atomic mass is 15.1. The molecule has 8 aromatic rings. The van der Waals surface area contributed by atoms with E-state index in [1.165, 1.54) is 77.9 Å². The molecule has 0 atom stereocenters. The van der Waals surface area contributed by atoms with Gasteiger partial charge in [0.15, 0.2) is 0 Å². The van der Waals surface area contributed by atoms with Gasteiger partial charge in [-0.25, -0.2) is 0 Å². The van der Waals surface area contributed by atoms with E-state index in [-0.39, 0.29) is 10.8 Å². The van der Waals surface area contributed by atoms with E-state index in [0.29, 0.717) is 0 Å². The Morgan fingerprint density at radius 2 is 0.764 bits per heavy atom. The predicted octanol–water partition coefficient (Wildman–Crippen LogP) is 14.8. The van der Waals surface area contributed by atoms with Crippen molar-refractivity contribution < 1.29 is 0 Å². The van der Waals surface area contributed by atoms with Crippen LogP contribution in [0.2, 0.25) is 0 Å². The smallest absolute Gasteiger partial charge is 0.0546 e. The lowest BCUT2D eigenvalue weighted by molar-refractivity contribution is 0.660. The maximum absolute atomic E-state index is 2.52. The first kappa shape index (κ1) is 33.2. The van der Waals surface area contributed by atoms with Crippen molar-refractivity contribution >= 4 is 17.1 Å². The molecule has 0 radical (unpaired) electrons. The minimum atomic E-state index is -0.136. The zero-order chi connectivity index (χ0) is 37.3. The molecule has 0 aliphatic heterocycles. The highest BCUT2D eigenvalue weighted by Crippen LogP contribution is 2.55. The molecule has 0 saturated heterocycles. The number of nitrogens with zero attached hydrogens (tertiary/aromatic N) is 1. The molecule has 1 heteroatoms. The number of rotatable bonds is 6. The summed E-state index contributed by atoms with van der Waals surface area (Å²) in [5.74, 6) is 0. The van der Waals surface area contributed by atoms with E-state index < -0.39 is 0 Å². The lowest BCUT2D eigenvalue weighted by atomic mass is 9.82. The van der Waals surface area contributed by atoms with Gasteiger partial charge in [-0.1, -0.05) is 185 Å². The zero-order valence-corrected chi connectivity index (χ0v) is 31.8. The Bertz CT molecular complexity index is 2750. The summed E-state index contributed by atoms with van der Waals surface area (Å²) in [5, 5.41) is 0. The largest absolute Gasteiger partial charge is 0.310 e. The normalized spacial score (nSPS) is 14.1. The third kappa shape index (κ3) is 5.14. The molecule has 0 heterocycles. The summed E-state index contributed by atoms with van der Waals surface area (Å²) >= 11 is 0. The molecule has 2 aliphatic carbocycles. The van der Waals surface area contributed by atoms with Gasteiger partial charge in [0.1, 0.15) is 0 Å². The molecule has 264 valence electrons. The van der Waals surface area contributed by atoms with Crippen LogP contribution in [0.15, 0.2) is 188 Å². The van der Waals surface area contributed by atoms with Crippen molar-refractivity contribution in [1.82, 2.24) is 0 Å². The molecular weight excluding hydrogens is 663 g/mol. The van der Waals surface area contributed by atoms with Crippen LogP contribution in [0, 0.1) is 0 Å². The van der Waals surface area contributed by atoms with Crippen molar-refractivity contribution in [3.63, 3.8) is 0 Å². The molecule has 0 fully saturated rings. The summed E-state index contributed by atoms with van der Waals surface area (Å²) < 4.78 is 0. The van der Waals surface area contributed by atoms with Crippen molar-refractivity contribution in [1.29, 1.82) is 0 Å². The van der Waals surface area contributed by atoms with Gasteiger partial charge in [0.25, 0.3) is 0 Å². The third-order valence-corrected chi connectivity index (χ3v) is 12.3. The van der Waals surface area contributed by atoms with Gasteiger partial charge < -0.3 is 4.90 Å². The number of hydrogen-bond acceptors (Lipinski definition) is 1. The molecule has 0 amide bonds. The summed E-state index contributed by atoms with van der Waals surface area (Å²) in [6, 6.07) is 69.6. The van der Waals surface area contributed by atoms with Crippen LogP contribution < -0.4 is 4.90 Å². The average molecular weight is 706 g/mol. The van der Waals surface area contributed by atoms with Crippen molar-refractivity contribution in [3.8, 4) is 55.6 Å². The molecule has 55 heavy (non-hydrogen) atoms. The Balaban J connectivity index is 1.28. The zero-order valence-electron chi connectivity index (χ0n) is 31.8. The van der Waals surface area contributed by atoms with E-state index in [1.807, 2.05) is 0 Å². The lowest BCUT2D eigenvalue weighted by Crippen LogP contribution is -2.17. The topological polar surface area (TPSA) is 3.24 Å². The van der Waals surface area contributed by atoms with Gasteiger partial charge in [0.2, 0.25) is 0 Å². The molecule has 0 N–H and O–H groups in total. The summed E-state index contributed by atoms with van der Waals surface area (Å²) in [4.78, 5) is 2.52. The quantitative estimate of drug-likeness (QED) is 0.166. The molecule has 0 spiro atoms. The average Bonchev–Trinajstić information content (AvgIpc) is 3.60. The SMILES string of the molecule is CC1(C)c2ccccc2-c2cc(N(c3ccc4c(c3)C(C)(C)c3ccccc3-4)c3cccc(-c4ccccc4)c3-c3ccccc3-c3ccccc3)ccc21. The first-order valence-electron chi connectivity index (χ1n) is 19.4. The Hall–Kier alpha value is -6.44. The minimum Gasteiger partial charge on any atom is -0.310 e. The monoisotopic (exact) mass is 705 g/mol. The van der Waals surface area contributed by atoms with Gasteiger partial charge in [-0.15, -0.1) is 0 Å². The molecule has 10 rings (SSSR count). The van der Waals surface area contributed by atoms with Gasteiger partial charge in [0.05, 0.1) is 5.69 Å². The van der Waals surface area contributed by atoms with Gasteiger partial charge in [0, 0.05) is 27.8 Å². The van der Waals surface area contributed by atoms with Crippen molar-refractivity contribution in [2.75, 3.05) is 4.90 Å². The maximum Gasteiger partial charge on any atom is 0.0546 e. The molecular formula is C54H43N. The Labute approximate surface area is 325 Å². The van der Waals surface area contributed by atoms with Crippen molar-refractivity contribution in [2.24, 2.45) is 0 Å². The number of benzene rings is 8. The molecule has 0 aromatic heterocycles. The first-order valence-corrected chi connectivity index (χ1v) is 19.4. The number of anilines is 3. The van der Waals surface area contributed by atoms with E-state index in [0.717, 1.165) is 17.1 Å². The second-order valence-corrected chi connectivity index (χ2v) is 16.1. The van der Waals surface area contributed by atoms with Crippen molar-refractivity contribution in [2.45, 2.75) is 38.5 Å². The summed E-state index contributed by atoms with van der Waals surface area (Å²) in [5.41, 5.74) is 21.2. The standard InChI is InChI=1S/C54H43N/c1-53(2)48-28-16-14-24-43(48)46-34-38(31-33-49(46)53)55(39-30-32-44-42-23-13-15-27-47(42)54(3,4)50(44)35-39)51-29-17-26-41(37-20-9-6-10-21-37)52(51)45-25-12-11-22-40(45)36-18-7-5-8-19-36/h5-35H,1-4H3. The lowest BCUT2D eigenvalue weighted by Gasteiger charge is -2.32. The Morgan fingerprint density at radius 3 is 1.44 bits per heavy atom. The predicted molar refractivity (Wildman–Crippen MR) is 233 cm³/mol. The fraction of sp³-hybridized carbons (Fsp3) is 0.111. The Kier molecular flexibility index (Phi) is 7.58. The number of fused-ring (bicyclic) bond motifs is 6. The van der Waals surface area contributed by atoms with E-state index in [4.69, 9.17) is 0 Å². The van der Waals surface area contributed by atoms with Crippen LogP contribution in [0.5, 0.6) is 0 Å². The van der Waals surface area contributed by atoms with E-state index in [2.05, 4.69) is 221 Å². The molecule has 8 aromatic carbocycles. The van der Waals surface area contributed by atoms with Crippen LogP contribution in [-0.4, -0.2) is 0 Å². The molecule has 2 aliphatic rings. The fourth-order valence-electron chi connectivity index (χ4n) is 9.54. The fourth-order valence-corrected chi connectivity index (χ4v) is 9.54. The number of hydrogen-bond donors (Lipinski definition) is 0. The molecule has 0 bridgehead atoms. The van der Waals surface area contributed by atoms with Gasteiger partial charge in [-0.2, -0.15) is 0 Å².